The van der Waals surface area contributed by atoms with Crippen molar-refractivity contribution in [1.82, 2.24) is 0 Å². The molecule has 0 amide bonds. The monoisotopic (exact) mass is 304 g/mol. The molecule has 0 bridgehead atoms. The summed E-state index contributed by atoms with van der Waals surface area (Å²) in [7, 11) is 0. The van der Waals surface area contributed by atoms with Crippen molar-refractivity contribution in [2.75, 3.05) is 0 Å². The Bertz CT molecular complexity index is 316. The van der Waals surface area contributed by atoms with Gasteiger partial charge in [0.1, 0.15) is 0 Å². The molecule has 0 aliphatic heterocycles. The van der Waals surface area contributed by atoms with Gasteiger partial charge in [-0.05, 0) is 38.5 Å². The first-order chi connectivity index (χ1) is 9.77. The van der Waals surface area contributed by atoms with Crippen molar-refractivity contribution in [3.63, 3.8) is 0 Å². The Hall–Kier alpha value is -0.544. The molecule has 0 radical (unpaired) electrons. The molecule has 0 aromatic carbocycles. The fourth-order valence-corrected chi connectivity index (χ4v) is 1.90. The van der Waals surface area contributed by atoms with Gasteiger partial charge in [0.05, 0.1) is 0 Å². The minimum absolute atomic E-state index is 0. The number of carboxylic acid groups (broad SMARTS) is 1. The zero-order chi connectivity index (χ0) is 14.9. The first-order valence-corrected chi connectivity index (χ1v) is 7.94. The predicted octanol–water partition coefficient (Wildman–Crippen LogP) is 5.50. The largest absolute Gasteiger partial charge is 2.00 e. The van der Waals surface area contributed by atoms with Gasteiger partial charge in [-0.15, -0.1) is 0 Å². The number of carboxylic acids is 1. The molecular formula is C18H32MgO2. The number of unbranched alkanes of at least 4 members (excludes halogenated alkanes) is 5. The van der Waals surface area contributed by atoms with Crippen LogP contribution in [0.2, 0.25) is 0 Å². The van der Waals surface area contributed by atoms with Crippen LogP contribution >= 0.6 is 0 Å². The van der Waals surface area contributed by atoms with Crippen molar-refractivity contribution < 1.29 is 12.8 Å². The van der Waals surface area contributed by atoms with Crippen molar-refractivity contribution in [3.8, 4) is 0 Å². The van der Waals surface area contributed by atoms with Crippen LogP contribution in [-0.2, 0) is 4.79 Å². The van der Waals surface area contributed by atoms with E-state index in [9.17, 15) is 4.79 Å². The number of hydrogen-bond acceptors (Lipinski definition) is 1. The molecule has 0 saturated carbocycles. The third-order valence-electron chi connectivity index (χ3n) is 3.04. The molecule has 0 aromatic heterocycles. The van der Waals surface area contributed by atoms with Gasteiger partial charge >= 0.3 is 29.0 Å². The van der Waals surface area contributed by atoms with E-state index in [1.54, 1.807) is 0 Å². The zero-order valence-corrected chi connectivity index (χ0v) is 15.0. The van der Waals surface area contributed by atoms with Crippen LogP contribution in [0.5, 0.6) is 0 Å². The van der Waals surface area contributed by atoms with Crippen LogP contribution in [0.4, 0.5) is 0 Å². The molecule has 0 heterocycles. The average molecular weight is 305 g/mol. The second-order valence-corrected chi connectivity index (χ2v) is 4.99. The maximum absolute atomic E-state index is 10.3. The number of allylic oxidation sites excluding steroid dienone is 6. The van der Waals surface area contributed by atoms with Gasteiger partial charge < -0.3 is 7.96 Å². The fraction of sp³-hybridized carbons (Fsp3) is 0.611. The SMILES string of the molecule is CC/C=C\C/C=C\C/C=C\CCCCCCCC(=O)O.[H-].[H-].[Mg+2]. The van der Waals surface area contributed by atoms with Crippen LogP contribution in [-0.4, -0.2) is 34.1 Å². The Morgan fingerprint density at radius 3 is 2.00 bits per heavy atom. The van der Waals surface area contributed by atoms with Gasteiger partial charge in [-0.3, -0.25) is 4.79 Å². The summed E-state index contributed by atoms with van der Waals surface area (Å²) in [5, 5.41) is 8.50. The molecule has 0 saturated heterocycles. The van der Waals surface area contributed by atoms with Gasteiger partial charge in [0.15, 0.2) is 0 Å². The van der Waals surface area contributed by atoms with Crippen LogP contribution in [0.25, 0.3) is 0 Å². The Kier molecular flexibility index (Phi) is 21.1. The molecule has 0 rings (SSSR count). The minimum Gasteiger partial charge on any atom is -1.00 e. The maximum Gasteiger partial charge on any atom is 2.00 e. The standard InChI is InChI=1S/C18H30O2.Mg.2H/c1-2-3-4-5-6-7-8-9-10-11-12-13-14-15-16-17-18(19)20;;;/h3-4,6-7,9-10H,2,5,8,11-17H2,1H3,(H,19,20);;;/q;+2;2*-1/b4-3-,7-6-,10-9-;;;. The van der Waals surface area contributed by atoms with E-state index >= 15 is 0 Å². The molecule has 1 N–H and O–H groups in total. The van der Waals surface area contributed by atoms with E-state index < -0.39 is 5.97 Å². The molecule has 0 aliphatic rings. The molecule has 21 heavy (non-hydrogen) atoms. The van der Waals surface area contributed by atoms with Gasteiger partial charge in [-0.25, -0.2) is 0 Å². The molecule has 0 aromatic rings. The average Bonchev–Trinajstić information content (AvgIpc) is 2.43. The summed E-state index contributed by atoms with van der Waals surface area (Å²) in [5.41, 5.74) is 0. The molecule has 3 heteroatoms. The topological polar surface area (TPSA) is 37.3 Å². The minimum atomic E-state index is -0.675. The van der Waals surface area contributed by atoms with Gasteiger partial charge in [-0.1, -0.05) is 62.6 Å². The van der Waals surface area contributed by atoms with Crippen molar-refractivity contribution >= 4 is 29.0 Å². The molecule has 0 unspecified atom stereocenters. The van der Waals surface area contributed by atoms with Crippen LogP contribution in [0.3, 0.4) is 0 Å². The third kappa shape index (κ3) is 21.9. The summed E-state index contributed by atoms with van der Waals surface area (Å²) in [5.74, 6) is -0.675. The Labute approximate surface area is 149 Å². The van der Waals surface area contributed by atoms with E-state index in [0.29, 0.717) is 6.42 Å². The molecule has 0 fully saturated rings. The quantitative estimate of drug-likeness (QED) is 0.277. The molecule has 0 aliphatic carbocycles. The van der Waals surface area contributed by atoms with E-state index in [-0.39, 0.29) is 25.9 Å². The van der Waals surface area contributed by atoms with Gasteiger partial charge in [0.2, 0.25) is 0 Å². The van der Waals surface area contributed by atoms with Gasteiger partial charge in [0.25, 0.3) is 0 Å². The van der Waals surface area contributed by atoms with E-state index in [4.69, 9.17) is 5.11 Å². The van der Waals surface area contributed by atoms with Crippen molar-refractivity contribution in [2.24, 2.45) is 0 Å². The van der Waals surface area contributed by atoms with E-state index in [1.165, 1.54) is 12.8 Å². The summed E-state index contributed by atoms with van der Waals surface area (Å²) >= 11 is 0. The van der Waals surface area contributed by atoms with E-state index in [0.717, 1.165) is 44.9 Å². The summed E-state index contributed by atoms with van der Waals surface area (Å²) in [6.45, 7) is 2.15. The first-order valence-electron chi connectivity index (χ1n) is 7.94. The third-order valence-corrected chi connectivity index (χ3v) is 3.04. The summed E-state index contributed by atoms with van der Waals surface area (Å²) < 4.78 is 0. The van der Waals surface area contributed by atoms with E-state index in [1.807, 2.05) is 0 Å². The van der Waals surface area contributed by atoms with Crippen LogP contribution in [0.15, 0.2) is 36.5 Å². The van der Waals surface area contributed by atoms with Crippen molar-refractivity contribution in [1.29, 1.82) is 0 Å². The Morgan fingerprint density at radius 1 is 0.857 bits per heavy atom. The molecule has 2 nitrogen and oxygen atoms in total. The summed E-state index contributed by atoms with van der Waals surface area (Å²) in [6, 6.07) is 0. The van der Waals surface area contributed by atoms with Crippen LogP contribution in [0, 0.1) is 0 Å². The maximum atomic E-state index is 10.3. The normalized spacial score (nSPS) is 11.5. The van der Waals surface area contributed by atoms with Crippen molar-refractivity contribution in [2.45, 2.75) is 71.1 Å². The second-order valence-electron chi connectivity index (χ2n) is 4.99. The summed E-state index contributed by atoms with van der Waals surface area (Å²) in [4.78, 5) is 10.3. The number of carbonyl (C=O) groups is 1. The first kappa shape index (κ1) is 22.7. The summed E-state index contributed by atoms with van der Waals surface area (Å²) in [6.07, 6.45) is 23.4. The van der Waals surface area contributed by atoms with Crippen molar-refractivity contribution in [3.05, 3.63) is 36.5 Å². The number of rotatable bonds is 13. The zero-order valence-electron chi connectivity index (χ0n) is 15.6. The fourth-order valence-electron chi connectivity index (χ4n) is 1.90. The molecular weight excluding hydrogens is 273 g/mol. The Balaban J connectivity index is -0.000000602. The number of hydrogen-bond donors (Lipinski definition) is 1. The number of aliphatic carboxylic acids is 1. The van der Waals surface area contributed by atoms with Gasteiger partial charge in [-0.2, -0.15) is 0 Å². The Morgan fingerprint density at radius 2 is 1.38 bits per heavy atom. The predicted molar refractivity (Wildman–Crippen MR) is 94.9 cm³/mol. The van der Waals surface area contributed by atoms with E-state index in [2.05, 4.69) is 43.4 Å². The molecule has 118 valence electrons. The smallest absolute Gasteiger partial charge is 1.00 e. The molecule has 0 spiro atoms. The second kappa shape index (κ2) is 19.5. The van der Waals surface area contributed by atoms with Gasteiger partial charge in [0, 0.05) is 6.42 Å². The van der Waals surface area contributed by atoms with Crippen LogP contribution in [0.1, 0.15) is 74.0 Å². The molecule has 0 atom stereocenters. The van der Waals surface area contributed by atoms with Crippen LogP contribution < -0.4 is 0 Å².